The van der Waals surface area contributed by atoms with Crippen molar-refractivity contribution in [2.24, 2.45) is 0 Å². The van der Waals surface area contributed by atoms with Crippen LogP contribution in [0.15, 0.2) is 65.7 Å². The van der Waals surface area contributed by atoms with Crippen molar-refractivity contribution in [2.45, 2.75) is 13.5 Å². The van der Waals surface area contributed by atoms with Gasteiger partial charge in [-0.3, -0.25) is 14.2 Å². The Morgan fingerprint density at radius 3 is 2.61 bits per heavy atom. The standard InChI is InChI=1S/C21H17N3O3S/c1-13-17-20(22-12-24(21(17)27)11-14-7-3-2-4-8-14)28-18(13)19(26)23-15-9-5-6-10-16(15)25/h2-10,12,25H,11H2,1H3,(H,23,26). The molecule has 6 nitrogen and oxygen atoms in total. The highest BCUT2D eigenvalue weighted by atomic mass is 32.1. The number of phenolic OH excluding ortho intramolecular Hbond substituents is 1. The van der Waals surface area contributed by atoms with E-state index in [2.05, 4.69) is 10.3 Å². The number of amides is 1. The second kappa shape index (κ2) is 7.28. The van der Waals surface area contributed by atoms with E-state index >= 15 is 0 Å². The Labute approximate surface area is 164 Å². The average molecular weight is 391 g/mol. The summed E-state index contributed by atoms with van der Waals surface area (Å²) in [5, 5.41) is 13.0. The number of nitrogens with one attached hydrogen (secondary N) is 1. The summed E-state index contributed by atoms with van der Waals surface area (Å²) < 4.78 is 1.54. The molecule has 4 rings (SSSR count). The van der Waals surface area contributed by atoms with Gasteiger partial charge in [0.2, 0.25) is 0 Å². The lowest BCUT2D eigenvalue weighted by Crippen LogP contribution is -2.21. The van der Waals surface area contributed by atoms with Crippen molar-refractivity contribution in [3.8, 4) is 5.75 Å². The van der Waals surface area contributed by atoms with Crippen molar-refractivity contribution in [3.63, 3.8) is 0 Å². The molecule has 1 amide bonds. The summed E-state index contributed by atoms with van der Waals surface area (Å²) >= 11 is 1.17. The molecule has 28 heavy (non-hydrogen) atoms. The Kier molecular flexibility index (Phi) is 4.67. The predicted molar refractivity (Wildman–Crippen MR) is 110 cm³/mol. The van der Waals surface area contributed by atoms with Gasteiger partial charge < -0.3 is 10.4 Å². The van der Waals surface area contributed by atoms with Gasteiger partial charge in [0.05, 0.1) is 28.8 Å². The molecule has 2 N–H and O–H groups in total. The lowest BCUT2D eigenvalue weighted by Gasteiger charge is -2.06. The fourth-order valence-corrected chi connectivity index (χ4v) is 4.06. The highest BCUT2D eigenvalue weighted by Crippen LogP contribution is 2.29. The van der Waals surface area contributed by atoms with Gasteiger partial charge in [-0.05, 0) is 30.2 Å². The second-order valence-corrected chi connectivity index (χ2v) is 7.37. The SMILES string of the molecule is Cc1c(C(=O)Nc2ccccc2O)sc2ncn(Cc3ccccc3)c(=O)c12. The van der Waals surface area contributed by atoms with E-state index in [4.69, 9.17) is 0 Å². The summed E-state index contributed by atoms with van der Waals surface area (Å²) in [5.74, 6) is -0.394. The molecule has 0 bridgehead atoms. The smallest absolute Gasteiger partial charge is 0.266 e. The summed E-state index contributed by atoms with van der Waals surface area (Å²) in [6.45, 7) is 2.16. The summed E-state index contributed by atoms with van der Waals surface area (Å²) in [6, 6.07) is 16.2. The summed E-state index contributed by atoms with van der Waals surface area (Å²) in [5.41, 5.74) is 1.73. The number of aromatic hydroxyl groups is 1. The Bertz CT molecular complexity index is 1230. The van der Waals surface area contributed by atoms with Crippen molar-refractivity contribution < 1.29 is 9.90 Å². The lowest BCUT2D eigenvalue weighted by atomic mass is 10.2. The fraction of sp³-hybridized carbons (Fsp3) is 0.0952. The molecule has 0 fully saturated rings. The Hall–Kier alpha value is -3.45. The predicted octanol–water partition coefficient (Wildman–Crippen LogP) is 3.77. The summed E-state index contributed by atoms with van der Waals surface area (Å²) in [7, 11) is 0. The highest BCUT2D eigenvalue weighted by molar-refractivity contribution is 7.20. The fourth-order valence-electron chi connectivity index (χ4n) is 3.03. The van der Waals surface area contributed by atoms with Gasteiger partial charge in [0, 0.05) is 0 Å². The number of fused-ring (bicyclic) bond motifs is 1. The minimum Gasteiger partial charge on any atom is -0.506 e. The molecule has 2 aromatic heterocycles. The maximum absolute atomic E-state index is 13.0. The summed E-state index contributed by atoms with van der Waals surface area (Å²) in [4.78, 5) is 31.0. The number of para-hydroxylation sites is 2. The van der Waals surface area contributed by atoms with E-state index < -0.39 is 0 Å². The number of hydrogen-bond acceptors (Lipinski definition) is 5. The van der Waals surface area contributed by atoms with Crippen molar-refractivity contribution in [3.05, 3.63) is 87.3 Å². The number of benzene rings is 2. The topological polar surface area (TPSA) is 84.2 Å². The van der Waals surface area contributed by atoms with Crippen molar-refractivity contribution in [2.75, 3.05) is 5.32 Å². The van der Waals surface area contributed by atoms with Crippen LogP contribution in [-0.4, -0.2) is 20.6 Å². The van der Waals surface area contributed by atoms with Crippen LogP contribution in [0.3, 0.4) is 0 Å². The second-order valence-electron chi connectivity index (χ2n) is 6.37. The Balaban J connectivity index is 1.71. The number of nitrogens with zero attached hydrogens (tertiary/aromatic N) is 2. The maximum atomic E-state index is 13.0. The number of carbonyl (C=O) groups excluding carboxylic acids is 1. The molecule has 0 atom stereocenters. The zero-order valence-electron chi connectivity index (χ0n) is 15.0. The van der Waals surface area contributed by atoms with Crippen LogP contribution >= 0.6 is 11.3 Å². The molecule has 0 radical (unpaired) electrons. The number of aromatic nitrogens is 2. The molecular formula is C21H17N3O3S. The van der Waals surface area contributed by atoms with Crippen LogP contribution in [-0.2, 0) is 6.54 Å². The van der Waals surface area contributed by atoms with E-state index in [1.165, 1.54) is 23.7 Å². The van der Waals surface area contributed by atoms with Gasteiger partial charge in [-0.15, -0.1) is 11.3 Å². The third-order valence-corrected chi connectivity index (χ3v) is 5.67. The third-order valence-electron chi connectivity index (χ3n) is 4.47. The molecule has 7 heteroatoms. The van der Waals surface area contributed by atoms with Crippen LogP contribution in [0.2, 0.25) is 0 Å². The first kappa shape index (κ1) is 17.9. The largest absolute Gasteiger partial charge is 0.506 e. The van der Waals surface area contributed by atoms with E-state index in [1.54, 1.807) is 29.7 Å². The first-order valence-corrected chi connectivity index (χ1v) is 9.48. The molecule has 0 aliphatic carbocycles. The van der Waals surface area contributed by atoms with Crippen LogP contribution < -0.4 is 10.9 Å². The maximum Gasteiger partial charge on any atom is 0.266 e. The van der Waals surface area contributed by atoms with Crippen molar-refractivity contribution >= 4 is 33.1 Å². The number of carbonyl (C=O) groups is 1. The molecule has 0 saturated heterocycles. The van der Waals surface area contributed by atoms with Crippen LogP contribution in [0, 0.1) is 6.92 Å². The number of aryl methyl sites for hydroxylation is 1. The van der Waals surface area contributed by atoms with E-state index in [0.717, 1.165) is 5.56 Å². The zero-order chi connectivity index (χ0) is 19.7. The molecule has 0 unspecified atom stereocenters. The minimum atomic E-state index is -0.379. The van der Waals surface area contributed by atoms with Gasteiger partial charge in [-0.25, -0.2) is 4.98 Å². The normalized spacial score (nSPS) is 10.9. The van der Waals surface area contributed by atoms with Gasteiger partial charge in [-0.2, -0.15) is 0 Å². The van der Waals surface area contributed by atoms with Gasteiger partial charge >= 0.3 is 0 Å². The molecule has 0 saturated carbocycles. The minimum absolute atomic E-state index is 0.0158. The molecule has 2 aromatic carbocycles. The number of anilines is 1. The molecular weight excluding hydrogens is 374 g/mol. The number of rotatable bonds is 4. The van der Waals surface area contributed by atoms with E-state index in [0.29, 0.717) is 32.9 Å². The molecule has 140 valence electrons. The average Bonchev–Trinajstić information content (AvgIpc) is 3.04. The third kappa shape index (κ3) is 3.27. The summed E-state index contributed by atoms with van der Waals surface area (Å²) in [6.07, 6.45) is 1.51. The van der Waals surface area contributed by atoms with Gasteiger partial charge in [0.25, 0.3) is 11.5 Å². The van der Waals surface area contributed by atoms with E-state index in [-0.39, 0.29) is 17.2 Å². The van der Waals surface area contributed by atoms with Crippen LogP contribution in [0.5, 0.6) is 5.75 Å². The van der Waals surface area contributed by atoms with Gasteiger partial charge in [0.1, 0.15) is 10.6 Å². The quantitative estimate of drug-likeness (QED) is 0.519. The van der Waals surface area contributed by atoms with Crippen LogP contribution in [0.4, 0.5) is 5.69 Å². The zero-order valence-corrected chi connectivity index (χ0v) is 15.9. The molecule has 4 aromatic rings. The Morgan fingerprint density at radius 1 is 1.14 bits per heavy atom. The molecule has 2 heterocycles. The number of hydrogen-bond donors (Lipinski definition) is 2. The monoisotopic (exact) mass is 391 g/mol. The van der Waals surface area contributed by atoms with Gasteiger partial charge in [-0.1, -0.05) is 42.5 Å². The van der Waals surface area contributed by atoms with Crippen LogP contribution in [0.1, 0.15) is 20.8 Å². The van der Waals surface area contributed by atoms with Gasteiger partial charge in [0.15, 0.2) is 0 Å². The first-order valence-electron chi connectivity index (χ1n) is 8.66. The Morgan fingerprint density at radius 2 is 1.86 bits per heavy atom. The molecule has 0 spiro atoms. The van der Waals surface area contributed by atoms with Crippen molar-refractivity contribution in [1.82, 2.24) is 9.55 Å². The molecule has 0 aliphatic heterocycles. The van der Waals surface area contributed by atoms with E-state index in [1.807, 2.05) is 30.3 Å². The lowest BCUT2D eigenvalue weighted by molar-refractivity contribution is 0.102. The van der Waals surface area contributed by atoms with E-state index in [9.17, 15) is 14.7 Å². The number of phenols is 1. The van der Waals surface area contributed by atoms with Crippen molar-refractivity contribution in [1.29, 1.82) is 0 Å². The number of thiophene rings is 1. The highest BCUT2D eigenvalue weighted by Gasteiger charge is 2.20. The molecule has 0 aliphatic rings. The first-order chi connectivity index (χ1) is 13.5. The van der Waals surface area contributed by atoms with Crippen LogP contribution in [0.25, 0.3) is 10.2 Å².